The minimum Gasteiger partial charge on any atom is -0.486 e. The zero-order chi connectivity index (χ0) is 20.2. The minimum atomic E-state index is -0.182. The highest BCUT2D eigenvalue weighted by Crippen LogP contribution is 2.33. The first kappa shape index (κ1) is 19.8. The highest BCUT2D eigenvalue weighted by molar-refractivity contribution is 7.12. The molecule has 1 saturated heterocycles. The summed E-state index contributed by atoms with van der Waals surface area (Å²) < 4.78 is 11.3. The fourth-order valence-electron chi connectivity index (χ4n) is 3.92. The van der Waals surface area contributed by atoms with Crippen molar-refractivity contribution in [1.29, 1.82) is 0 Å². The van der Waals surface area contributed by atoms with Gasteiger partial charge in [-0.1, -0.05) is 19.1 Å². The van der Waals surface area contributed by atoms with Gasteiger partial charge in [-0.05, 0) is 48.4 Å². The van der Waals surface area contributed by atoms with Crippen LogP contribution in [0.5, 0.6) is 11.5 Å². The number of carbonyl (C=O) groups is 2. The zero-order valence-electron chi connectivity index (χ0n) is 16.6. The van der Waals surface area contributed by atoms with Crippen LogP contribution in [0.25, 0.3) is 0 Å². The average molecular weight is 415 g/mol. The van der Waals surface area contributed by atoms with E-state index in [1.165, 1.54) is 11.3 Å². The quantitative estimate of drug-likeness (QED) is 0.811. The predicted octanol–water partition coefficient (Wildman–Crippen LogP) is 3.64. The van der Waals surface area contributed by atoms with Crippen LogP contribution >= 0.6 is 11.3 Å². The van der Waals surface area contributed by atoms with Crippen molar-refractivity contribution in [3.05, 3.63) is 46.2 Å². The number of benzene rings is 1. The summed E-state index contributed by atoms with van der Waals surface area (Å²) in [4.78, 5) is 28.2. The number of nitrogens with zero attached hydrogens (tertiary/aromatic N) is 1. The lowest BCUT2D eigenvalue weighted by Crippen LogP contribution is -2.46. The molecular weight excluding hydrogens is 388 g/mol. The van der Waals surface area contributed by atoms with E-state index in [2.05, 4.69) is 12.2 Å². The molecule has 29 heavy (non-hydrogen) atoms. The largest absolute Gasteiger partial charge is 0.486 e. The van der Waals surface area contributed by atoms with E-state index in [9.17, 15) is 9.59 Å². The standard InChI is InChI=1S/C22H26N2O4S/c1-2-17(15-7-8-18-19(13-15)28-11-10-27-18)23-21(25)16-5-3-9-24(14-16)22(26)20-6-4-12-29-20/h4,6-8,12-13,16-17H,2-3,5,9-11,14H2,1H3,(H,23,25). The summed E-state index contributed by atoms with van der Waals surface area (Å²) in [7, 11) is 0. The summed E-state index contributed by atoms with van der Waals surface area (Å²) in [6.07, 6.45) is 2.42. The molecule has 154 valence electrons. The van der Waals surface area contributed by atoms with E-state index in [1.807, 2.05) is 40.6 Å². The van der Waals surface area contributed by atoms with Crippen molar-refractivity contribution < 1.29 is 19.1 Å². The second kappa shape index (κ2) is 8.86. The second-order valence-electron chi connectivity index (χ2n) is 7.44. The summed E-state index contributed by atoms with van der Waals surface area (Å²) in [6, 6.07) is 9.46. The van der Waals surface area contributed by atoms with E-state index in [1.54, 1.807) is 0 Å². The molecule has 4 rings (SSSR count). The third kappa shape index (κ3) is 4.40. The number of hydrogen-bond donors (Lipinski definition) is 1. The van der Waals surface area contributed by atoms with Gasteiger partial charge in [0.05, 0.1) is 16.8 Å². The topological polar surface area (TPSA) is 67.9 Å². The Morgan fingerprint density at radius 1 is 1.24 bits per heavy atom. The molecule has 2 aliphatic heterocycles. The van der Waals surface area contributed by atoms with Crippen molar-refractivity contribution in [3.8, 4) is 11.5 Å². The molecule has 1 aromatic carbocycles. The van der Waals surface area contributed by atoms with E-state index >= 15 is 0 Å². The normalized spacial score (nSPS) is 19.5. The van der Waals surface area contributed by atoms with Crippen molar-refractivity contribution in [2.45, 2.75) is 32.2 Å². The van der Waals surface area contributed by atoms with E-state index in [0.717, 1.165) is 41.2 Å². The SMILES string of the molecule is CCC(NC(=O)C1CCCN(C(=O)c2cccs2)C1)c1ccc2c(c1)OCCO2. The Morgan fingerprint density at radius 2 is 2.07 bits per heavy atom. The van der Waals surface area contributed by atoms with Crippen molar-refractivity contribution in [3.63, 3.8) is 0 Å². The Balaban J connectivity index is 1.41. The molecule has 0 spiro atoms. The number of amides is 2. The highest BCUT2D eigenvalue weighted by Gasteiger charge is 2.30. The maximum atomic E-state index is 13.0. The molecule has 2 unspecified atom stereocenters. The van der Waals surface area contributed by atoms with E-state index < -0.39 is 0 Å². The number of nitrogens with one attached hydrogen (secondary N) is 1. The molecule has 1 fully saturated rings. The minimum absolute atomic E-state index is 0.00965. The molecule has 2 atom stereocenters. The molecule has 7 heteroatoms. The Bertz CT molecular complexity index is 868. The molecule has 2 amide bonds. The van der Waals surface area contributed by atoms with Gasteiger partial charge in [0.1, 0.15) is 13.2 Å². The lowest BCUT2D eigenvalue weighted by atomic mass is 9.95. The third-order valence-electron chi connectivity index (χ3n) is 5.50. The summed E-state index contributed by atoms with van der Waals surface area (Å²) in [5, 5.41) is 5.09. The Labute approximate surface area is 174 Å². The molecular formula is C22H26N2O4S. The molecule has 1 aromatic heterocycles. The van der Waals surface area contributed by atoms with Crippen LogP contribution in [0.2, 0.25) is 0 Å². The molecule has 1 N–H and O–H groups in total. The number of carbonyl (C=O) groups excluding carboxylic acids is 2. The zero-order valence-corrected chi connectivity index (χ0v) is 17.4. The first-order valence-electron chi connectivity index (χ1n) is 10.2. The van der Waals surface area contributed by atoms with Crippen LogP contribution in [0, 0.1) is 5.92 Å². The number of likely N-dealkylation sites (tertiary alicyclic amines) is 1. The molecule has 6 nitrogen and oxygen atoms in total. The molecule has 2 aliphatic rings. The van der Waals surface area contributed by atoms with E-state index in [-0.39, 0.29) is 23.8 Å². The summed E-state index contributed by atoms with van der Waals surface area (Å²) in [5.41, 5.74) is 1.01. The molecule has 0 saturated carbocycles. The molecule has 0 aliphatic carbocycles. The predicted molar refractivity (Wildman–Crippen MR) is 112 cm³/mol. The fraction of sp³-hybridized carbons (Fsp3) is 0.455. The van der Waals surface area contributed by atoms with Crippen LogP contribution in [0.3, 0.4) is 0 Å². The molecule has 0 bridgehead atoms. The van der Waals surface area contributed by atoms with Crippen LogP contribution in [-0.2, 0) is 4.79 Å². The average Bonchev–Trinajstić information content (AvgIpc) is 3.31. The van der Waals surface area contributed by atoms with Gasteiger partial charge in [-0.25, -0.2) is 0 Å². The number of ether oxygens (including phenoxy) is 2. The number of thiophene rings is 1. The lowest BCUT2D eigenvalue weighted by Gasteiger charge is -2.32. The maximum Gasteiger partial charge on any atom is 0.263 e. The molecule has 0 radical (unpaired) electrons. The Morgan fingerprint density at radius 3 is 2.83 bits per heavy atom. The van der Waals surface area contributed by atoms with Gasteiger partial charge in [0, 0.05) is 13.1 Å². The highest BCUT2D eigenvalue weighted by atomic mass is 32.1. The number of rotatable bonds is 5. The van der Waals surface area contributed by atoms with Crippen LogP contribution in [0.4, 0.5) is 0 Å². The fourth-order valence-corrected chi connectivity index (χ4v) is 4.61. The van der Waals surface area contributed by atoms with Gasteiger partial charge >= 0.3 is 0 Å². The Kier molecular flexibility index (Phi) is 6.04. The van der Waals surface area contributed by atoms with Gasteiger partial charge in [0.25, 0.3) is 5.91 Å². The number of piperidine rings is 1. The van der Waals surface area contributed by atoms with Crippen LogP contribution in [0.1, 0.15) is 47.5 Å². The molecule has 3 heterocycles. The number of hydrogen-bond acceptors (Lipinski definition) is 5. The first-order valence-corrected chi connectivity index (χ1v) is 11.1. The van der Waals surface area contributed by atoms with Crippen molar-refractivity contribution >= 4 is 23.2 Å². The summed E-state index contributed by atoms with van der Waals surface area (Å²) in [6.45, 7) is 4.33. The van der Waals surface area contributed by atoms with Crippen molar-refractivity contribution in [2.75, 3.05) is 26.3 Å². The smallest absolute Gasteiger partial charge is 0.263 e. The van der Waals surface area contributed by atoms with E-state index in [0.29, 0.717) is 26.3 Å². The van der Waals surface area contributed by atoms with Crippen LogP contribution < -0.4 is 14.8 Å². The van der Waals surface area contributed by atoms with Gasteiger partial charge < -0.3 is 19.7 Å². The maximum absolute atomic E-state index is 13.0. The Hall–Kier alpha value is -2.54. The van der Waals surface area contributed by atoms with Crippen molar-refractivity contribution in [2.24, 2.45) is 5.92 Å². The van der Waals surface area contributed by atoms with Gasteiger partial charge in [-0.3, -0.25) is 9.59 Å². The lowest BCUT2D eigenvalue weighted by molar-refractivity contribution is -0.127. The third-order valence-corrected chi connectivity index (χ3v) is 6.36. The summed E-state index contributed by atoms with van der Waals surface area (Å²) >= 11 is 1.44. The van der Waals surface area contributed by atoms with Crippen LogP contribution in [0.15, 0.2) is 35.7 Å². The van der Waals surface area contributed by atoms with Gasteiger partial charge in [0.15, 0.2) is 11.5 Å². The monoisotopic (exact) mass is 414 g/mol. The van der Waals surface area contributed by atoms with Crippen LogP contribution in [-0.4, -0.2) is 43.0 Å². The van der Waals surface area contributed by atoms with Gasteiger partial charge in [0.2, 0.25) is 5.91 Å². The number of fused-ring (bicyclic) bond motifs is 1. The van der Waals surface area contributed by atoms with Crippen molar-refractivity contribution in [1.82, 2.24) is 10.2 Å². The first-order chi connectivity index (χ1) is 14.2. The molecule has 2 aromatic rings. The van der Waals surface area contributed by atoms with Gasteiger partial charge in [-0.2, -0.15) is 0 Å². The second-order valence-corrected chi connectivity index (χ2v) is 8.39. The van der Waals surface area contributed by atoms with Gasteiger partial charge in [-0.15, -0.1) is 11.3 Å². The summed E-state index contributed by atoms with van der Waals surface area (Å²) in [5.74, 6) is 1.33. The van der Waals surface area contributed by atoms with E-state index in [4.69, 9.17) is 9.47 Å².